The summed E-state index contributed by atoms with van der Waals surface area (Å²) >= 11 is 14.7. The summed E-state index contributed by atoms with van der Waals surface area (Å²) in [6.07, 6.45) is 0. The number of anilines is 2. The summed E-state index contributed by atoms with van der Waals surface area (Å²) in [5.74, 6) is 1.04. The molecule has 0 aliphatic heterocycles. The minimum absolute atomic E-state index is 0. The molecule has 8 aromatic rings. The highest BCUT2D eigenvalue weighted by Crippen LogP contribution is 2.25. The number of nitrogens with two attached hydrogens (primary N) is 1. The summed E-state index contributed by atoms with van der Waals surface area (Å²) in [6, 6.07) is 58.5. The van der Waals surface area contributed by atoms with Gasteiger partial charge in [-0.1, -0.05) is 150 Å². The van der Waals surface area contributed by atoms with Gasteiger partial charge >= 0.3 is 5.97 Å². The first-order valence-corrected chi connectivity index (χ1v) is 33.5. The van der Waals surface area contributed by atoms with Gasteiger partial charge in [-0.2, -0.15) is 0 Å². The zero-order valence-corrected chi connectivity index (χ0v) is 65.2. The van der Waals surface area contributed by atoms with Gasteiger partial charge in [0.2, 0.25) is 15.1 Å². The van der Waals surface area contributed by atoms with Crippen LogP contribution in [0.25, 0.3) is 22.6 Å². The minimum atomic E-state index is -1.67. The van der Waals surface area contributed by atoms with E-state index < -0.39 is 20.4 Å². The van der Waals surface area contributed by atoms with E-state index in [1.165, 1.54) is 19.6 Å². The normalized spacial score (nSPS) is 8.63. The van der Waals surface area contributed by atoms with Crippen molar-refractivity contribution in [3.63, 3.8) is 0 Å². The maximum absolute atomic E-state index is 11.9. The van der Waals surface area contributed by atoms with Gasteiger partial charge in [0.05, 0.1) is 36.5 Å². The predicted octanol–water partition coefficient (Wildman–Crippen LogP) is 15.7. The average Bonchev–Trinajstić information content (AvgIpc) is 1.70. The first kappa shape index (κ1) is 113. The number of ether oxygens (including phenoxy) is 10. The van der Waals surface area contributed by atoms with E-state index in [1.54, 1.807) is 170 Å². The standard InChI is InChI=1S/C14H13NO2.C13H9NO.C7H5ClO.C7H9NO.C7H6O2.C6H15N.3C3H8O2.2C2H6O.CH2Cl2.3CH4O.CH4.Cl2OS/c1-17-13-10-6-5-9-12(13)15-14(16)11-7-3-2-4-8-11;1-2-6-10(7-3-1)13-14-11-8-4-5-9-12(11)15-13;8-7(9)6-4-2-1-3-5-6;1-9-7-5-3-2-4-6(7)8;8-7(9)6-4-2-1-3-5-6;1-4-7(5-2)6-3;3*1-4-3-5-2;2*1-3-2;2-1-3;3*1-2;;1-4(2)3/h2-10H,1H3,(H,15,16);1-9H;1-5H;2-5H,8H2,1H3;1-5H,(H,8,9);4-6H2,1-3H3;3*3H2,1-2H3;2*1-2H3;1H2;3*2H,1H3;1H4;. The number of aromatic nitrogens is 1. The smallest absolute Gasteiger partial charge is 0.335 e. The number of rotatable bonds is 16. The number of aliphatic hydroxyl groups excluding tert-OH is 3. The topological polar surface area (TPSA) is 309 Å². The van der Waals surface area contributed by atoms with E-state index in [4.69, 9.17) is 79.1 Å². The molecule has 8 rings (SSSR count). The van der Waals surface area contributed by atoms with Crippen LogP contribution in [0.2, 0.25) is 0 Å². The van der Waals surface area contributed by atoms with Crippen molar-refractivity contribution in [2.75, 3.05) is 163 Å². The van der Waals surface area contributed by atoms with Crippen LogP contribution >= 0.6 is 56.2 Å². The van der Waals surface area contributed by atoms with Crippen LogP contribution in [0.3, 0.4) is 0 Å². The highest BCUT2D eigenvalue weighted by molar-refractivity contribution is 8.26. The van der Waals surface area contributed by atoms with Crippen LogP contribution in [0.4, 0.5) is 11.4 Å². The Hall–Kier alpha value is -6.86. The van der Waals surface area contributed by atoms with Crippen LogP contribution in [-0.2, 0) is 47.1 Å². The Bertz CT molecular complexity index is 2860. The zero-order valence-electron chi connectivity index (χ0n) is 60.6. The molecule has 0 fully saturated rings. The van der Waals surface area contributed by atoms with Crippen molar-refractivity contribution in [1.82, 2.24) is 9.88 Å². The molecule has 1 heterocycles. The van der Waals surface area contributed by atoms with E-state index in [2.05, 4.69) is 95.2 Å². The Morgan fingerprint density at radius 2 is 0.802 bits per heavy atom. The molecule has 0 spiro atoms. The van der Waals surface area contributed by atoms with Crippen molar-refractivity contribution in [2.24, 2.45) is 0 Å². The first-order chi connectivity index (χ1) is 48.3. The number of amides is 1. The van der Waals surface area contributed by atoms with Crippen molar-refractivity contribution < 1.29 is 90.8 Å². The van der Waals surface area contributed by atoms with Crippen LogP contribution in [0.1, 0.15) is 59.3 Å². The molecule has 0 saturated carbocycles. The molecule has 0 saturated heterocycles. The molecule has 1 aromatic heterocycles. The number of methoxy groups -OCH3 is 10. The molecule has 1 amide bonds. The molecular weight excluding hydrogens is 1430 g/mol. The van der Waals surface area contributed by atoms with Gasteiger partial charge in [0, 0.05) is 130 Å². The average molecular weight is 1550 g/mol. The molecule has 574 valence electrons. The lowest BCUT2D eigenvalue weighted by atomic mass is 10.2. The predicted molar refractivity (Wildman–Crippen MR) is 418 cm³/mol. The van der Waals surface area contributed by atoms with E-state index in [0.717, 1.165) is 43.7 Å². The molecule has 101 heavy (non-hydrogen) atoms. The van der Waals surface area contributed by atoms with E-state index in [9.17, 15) is 14.4 Å². The molecule has 0 bridgehead atoms. The number of carboxylic acids is 1. The summed E-state index contributed by atoms with van der Waals surface area (Å²) in [5, 5.41) is 32.0. The number of benzene rings is 7. The van der Waals surface area contributed by atoms with Crippen molar-refractivity contribution in [1.29, 1.82) is 0 Å². The summed E-state index contributed by atoms with van der Waals surface area (Å²) in [6.45, 7) is 11.3. The molecule has 0 aliphatic carbocycles. The van der Waals surface area contributed by atoms with Crippen molar-refractivity contribution >= 4 is 105 Å². The number of nitrogen functional groups attached to an aromatic ring is 1. The van der Waals surface area contributed by atoms with Gasteiger partial charge in [0.1, 0.15) is 37.4 Å². The molecular formula is C72H111Cl5N4O19S. The number of hydrogen-bond acceptors (Lipinski definition) is 21. The number of nitrogens with zero attached hydrogens (tertiary/aromatic N) is 2. The van der Waals surface area contributed by atoms with Gasteiger partial charge in [-0.05, 0) is 104 Å². The molecule has 7 aromatic carbocycles. The third-order valence-electron chi connectivity index (χ3n) is 9.91. The van der Waals surface area contributed by atoms with Crippen molar-refractivity contribution in [2.45, 2.75) is 28.2 Å². The Labute approximate surface area is 626 Å². The largest absolute Gasteiger partial charge is 0.495 e. The fourth-order valence-corrected chi connectivity index (χ4v) is 6.08. The number of halogens is 5. The van der Waals surface area contributed by atoms with Crippen LogP contribution in [0.15, 0.2) is 199 Å². The Kier molecular flexibility index (Phi) is 102. The minimum Gasteiger partial charge on any atom is -0.495 e. The van der Waals surface area contributed by atoms with Gasteiger partial charge in [0.15, 0.2) is 5.58 Å². The van der Waals surface area contributed by atoms with E-state index in [-0.39, 0.29) is 18.7 Å². The first-order valence-electron chi connectivity index (χ1n) is 29.3. The molecule has 0 radical (unpaired) electrons. The molecule has 0 aliphatic rings. The number of oxazole rings is 1. The molecule has 0 unspecified atom stereocenters. The van der Waals surface area contributed by atoms with Crippen LogP contribution in [-0.4, -0.2) is 204 Å². The summed E-state index contributed by atoms with van der Waals surface area (Å²) in [7, 11) is 29.6. The maximum atomic E-state index is 11.9. The lowest BCUT2D eigenvalue weighted by Crippen LogP contribution is -2.21. The SMILES string of the molecule is C.CCN(CC)CC.CO.CO.CO.COC.COC.COCOC.COCOC.COCOC.COc1ccccc1N.COc1ccccc1NC(=O)c1ccccc1.ClCCl.O=C(Cl)c1ccccc1.O=C(O)c1ccccc1.O=S(Cl)Cl.c1ccc(-c2nc3ccccc3o2)cc1. The zero-order chi connectivity index (χ0) is 78.0. The molecule has 0 atom stereocenters. The van der Waals surface area contributed by atoms with Crippen LogP contribution < -0.4 is 20.5 Å². The van der Waals surface area contributed by atoms with Gasteiger partial charge in [-0.3, -0.25) is 9.59 Å². The third kappa shape index (κ3) is 74.2. The second kappa shape index (κ2) is 91.2. The number of nitrogens with one attached hydrogen (secondary N) is 1. The summed E-state index contributed by atoms with van der Waals surface area (Å²) in [4.78, 5) is 39.3. The van der Waals surface area contributed by atoms with Crippen molar-refractivity contribution in [3.05, 3.63) is 211 Å². The fraction of sp³-hybridized carbons (Fsp3) is 0.361. The van der Waals surface area contributed by atoms with Crippen LogP contribution in [0.5, 0.6) is 11.5 Å². The lowest BCUT2D eigenvalue weighted by molar-refractivity contribution is -0.00282. The van der Waals surface area contributed by atoms with Gasteiger partial charge in [-0.25, -0.2) is 14.0 Å². The number of carbonyl (C=O) groups is 3. The summed E-state index contributed by atoms with van der Waals surface area (Å²) in [5.41, 5.74) is 11.1. The third-order valence-corrected chi connectivity index (χ3v) is 10.1. The molecule has 7 N–H and O–H groups in total. The van der Waals surface area contributed by atoms with Gasteiger partial charge in [-0.15, -0.1) is 23.2 Å². The van der Waals surface area contributed by atoms with E-state index in [0.29, 0.717) is 60.1 Å². The number of hydrogen-bond donors (Lipinski definition) is 6. The number of alkyl halides is 2. The maximum Gasteiger partial charge on any atom is 0.335 e. The highest BCUT2D eigenvalue weighted by Gasteiger charge is 2.09. The second-order valence-electron chi connectivity index (χ2n) is 16.7. The number of carbonyl (C=O) groups excluding carboxylic acids is 2. The Balaban J connectivity index is -0.000000134. The lowest BCUT2D eigenvalue weighted by Gasteiger charge is -2.13. The fourth-order valence-electron chi connectivity index (χ4n) is 5.95. The summed E-state index contributed by atoms with van der Waals surface area (Å²) < 4.78 is 60.1. The highest BCUT2D eigenvalue weighted by atomic mass is 36.0. The van der Waals surface area contributed by atoms with Crippen LogP contribution in [0, 0.1) is 0 Å². The second-order valence-corrected chi connectivity index (χ2v) is 20.4. The number of aliphatic hydroxyl groups is 3. The Morgan fingerprint density at radius 3 is 1.08 bits per heavy atom. The number of aromatic carboxylic acids is 1. The van der Waals surface area contributed by atoms with E-state index in [1.807, 2.05) is 109 Å². The monoisotopic (exact) mass is 1540 g/mol. The van der Waals surface area contributed by atoms with Gasteiger partial charge in [0.25, 0.3) is 11.1 Å². The van der Waals surface area contributed by atoms with E-state index >= 15 is 0 Å². The van der Waals surface area contributed by atoms with Gasteiger partial charge < -0.3 is 88.2 Å². The molecule has 29 heteroatoms. The molecule has 23 nitrogen and oxygen atoms in total. The number of fused-ring (bicyclic) bond motifs is 1. The number of carboxylic acid groups (broad SMARTS) is 1. The number of para-hydroxylation sites is 6. The quantitative estimate of drug-likeness (QED) is 0.0227. The Morgan fingerprint density at radius 1 is 0.495 bits per heavy atom. The van der Waals surface area contributed by atoms with Crippen molar-refractivity contribution in [3.8, 4) is 23.0 Å².